The van der Waals surface area contributed by atoms with Gasteiger partial charge in [-0.3, -0.25) is 9.89 Å². The number of nitrogens with zero attached hydrogens (tertiary/aromatic N) is 1. The third kappa shape index (κ3) is 4.97. The van der Waals surface area contributed by atoms with Gasteiger partial charge in [-0.05, 0) is 5.92 Å². The van der Waals surface area contributed by atoms with Gasteiger partial charge in [-0.1, -0.05) is 13.8 Å². The molecule has 1 amide bonds. The maximum Gasteiger partial charge on any atom is 0.239 e. The third-order valence-electron chi connectivity index (χ3n) is 2.26. The lowest BCUT2D eigenvalue weighted by molar-refractivity contribution is -0.115. The van der Waals surface area contributed by atoms with Crippen LogP contribution in [-0.4, -0.2) is 42.9 Å². The summed E-state index contributed by atoms with van der Waals surface area (Å²) in [7, 11) is 1.62. The zero-order chi connectivity index (χ0) is 12.7. The van der Waals surface area contributed by atoms with Gasteiger partial charge >= 0.3 is 0 Å². The quantitative estimate of drug-likeness (QED) is 0.613. The number of anilines is 1. The fourth-order valence-corrected chi connectivity index (χ4v) is 1.26. The molecule has 1 heterocycles. The molecular formula is C11H20N4O2. The van der Waals surface area contributed by atoms with Crippen LogP contribution >= 0.6 is 0 Å². The molecule has 3 N–H and O–H groups in total. The van der Waals surface area contributed by atoms with Gasteiger partial charge in [0.1, 0.15) is 0 Å². The predicted molar refractivity (Wildman–Crippen MR) is 66.1 cm³/mol. The molecule has 0 fully saturated rings. The van der Waals surface area contributed by atoms with E-state index in [0.29, 0.717) is 24.9 Å². The lowest BCUT2D eigenvalue weighted by Gasteiger charge is -2.03. The van der Waals surface area contributed by atoms with Crippen LogP contribution in [0.15, 0.2) is 6.07 Å². The fraction of sp³-hybridized carbons (Fsp3) is 0.636. The van der Waals surface area contributed by atoms with Crippen LogP contribution in [0.4, 0.5) is 5.82 Å². The largest absolute Gasteiger partial charge is 0.383 e. The Morgan fingerprint density at radius 3 is 2.94 bits per heavy atom. The van der Waals surface area contributed by atoms with E-state index in [2.05, 4.69) is 34.7 Å². The van der Waals surface area contributed by atoms with Crippen molar-refractivity contribution in [2.75, 3.05) is 32.1 Å². The van der Waals surface area contributed by atoms with Crippen molar-refractivity contribution in [3.8, 4) is 0 Å². The SMILES string of the molecule is COCCNCC(=O)Nc1cc(C(C)C)[nH]n1. The minimum atomic E-state index is -0.108. The number of rotatable bonds is 7. The van der Waals surface area contributed by atoms with Gasteiger partial charge in [0.05, 0.1) is 13.2 Å². The van der Waals surface area contributed by atoms with E-state index in [0.717, 1.165) is 5.69 Å². The number of methoxy groups -OCH3 is 1. The predicted octanol–water partition coefficient (Wildman–Crippen LogP) is 0.708. The van der Waals surface area contributed by atoms with Crippen molar-refractivity contribution in [1.82, 2.24) is 15.5 Å². The summed E-state index contributed by atoms with van der Waals surface area (Å²) in [5.41, 5.74) is 1.01. The van der Waals surface area contributed by atoms with Crippen LogP contribution in [-0.2, 0) is 9.53 Å². The lowest BCUT2D eigenvalue weighted by Crippen LogP contribution is -2.30. The number of nitrogens with one attached hydrogen (secondary N) is 3. The zero-order valence-electron chi connectivity index (χ0n) is 10.5. The minimum absolute atomic E-state index is 0.108. The Morgan fingerprint density at radius 2 is 2.35 bits per heavy atom. The second-order valence-corrected chi connectivity index (χ2v) is 4.08. The molecule has 1 aromatic heterocycles. The summed E-state index contributed by atoms with van der Waals surface area (Å²) < 4.78 is 4.86. The van der Waals surface area contributed by atoms with Crippen molar-refractivity contribution in [3.05, 3.63) is 11.8 Å². The van der Waals surface area contributed by atoms with Crippen LogP contribution in [0.2, 0.25) is 0 Å². The first-order valence-electron chi connectivity index (χ1n) is 5.68. The second kappa shape index (κ2) is 7.03. The number of hydrogen-bond donors (Lipinski definition) is 3. The number of hydrogen-bond acceptors (Lipinski definition) is 4. The highest BCUT2D eigenvalue weighted by Crippen LogP contribution is 2.14. The fourth-order valence-electron chi connectivity index (χ4n) is 1.26. The van der Waals surface area contributed by atoms with Gasteiger partial charge in [-0.15, -0.1) is 0 Å². The minimum Gasteiger partial charge on any atom is -0.383 e. The van der Waals surface area contributed by atoms with Crippen LogP contribution in [0.5, 0.6) is 0 Å². The Kier molecular flexibility index (Phi) is 5.65. The first-order chi connectivity index (χ1) is 8.13. The summed E-state index contributed by atoms with van der Waals surface area (Å²) in [5.74, 6) is 0.822. The van der Waals surface area contributed by atoms with Crippen molar-refractivity contribution >= 4 is 11.7 Å². The average molecular weight is 240 g/mol. The number of H-pyrrole nitrogens is 1. The summed E-state index contributed by atoms with van der Waals surface area (Å²) in [5, 5.41) is 12.6. The summed E-state index contributed by atoms with van der Waals surface area (Å²) >= 11 is 0. The molecule has 0 atom stereocenters. The van der Waals surface area contributed by atoms with Gasteiger partial charge in [-0.25, -0.2) is 0 Å². The van der Waals surface area contributed by atoms with E-state index in [4.69, 9.17) is 4.74 Å². The molecule has 17 heavy (non-hydrogen) atoms. The van der Waals surface area contributed by atoms with Gasteiger partial charge < -0.3 is 15.4 Å². The summed E-state index contributed by atoms with van der Waals surface area (Å²) in [6, 6.07) is 1.84. The van der Waals surface area contributed by atoms with E-state index < -0.39 is 0 Å². The Balaban J connectivity index is 2.29. The van der Waals surface area contributed by atoms with Crippen molar-refractivity contribution in [1.29, 1.82) is 0 Å². The average Bonchev–Trinajstić information content (AvgIpc) is 2.73. The molecule has 1 aromatic rings. The maximum absolute atomic E-state index is 11.5. The number of carbonyl (C=O) groups excluding carboxylic acids is 1. The third-order valence-corrected chi connectivity index (χ3v) is 2.26. The van der Waals surface area contributed by atoms with Gasteiger partial charge in [0.25, 0.3) is 0 Å². The van der Waals surface area contributed by atoms with E-state index >= 15 is 0 Å². The van der Waals surface area contributed by atoms with Gasteiger partial charge in [-0.2, -0.15) is 5.10 Å². The van der Waals surface area contributed by atoms with Crippen LogP contribution in [0, 0.1) is 0 Å². The smallest absolute Gasteiger partial charge is 0.239 e. The molecular weight excluding hydrogens is 220 g/mol. The van der Waals surface area contributed by atoms with Gasteiger partial charge in [0.2, 0.25) is 5.91 Å². The highest BCUT2D eigenvalue weighted by molar-refractivity contribution is 5.91. The molecule has 0 spiro atoms. The Hall–Kier alpha value is -1.40. The molecule has 1 rings (SSSR count). The van der Waals surface area contributed by atoms with Crippen LogP contribution in [0.25, 0.3) is 0 Å². The highest BCUT2D eigenvalue weighted by Gasteiger charge is 2.07. The van der Waals surface area contributed by atoms with Crippen molar-refractivity contribution in [2.45, 2.75) is 19.8 Å². The van der Waals surface area contributed by atoms with E-state index in [1.807, 2.05) is 6.07 Å². The molecule has 0 saturated heterocycles. The van der Waals surface area contributed by atoms with Crippen molar-refractivity contribution < 1.29 is 9.53 Å². The van der Waals surface area contributed by atoms with E-state index in [1.54, 1.807) is 7.11 Å². The zero-order valence-corrected chi connectivity index (χ0v) is 10.5. The molecule has 0 radical (unpaired) electrons. The second-order valence-electron chi connectivity index (χ2n) is 4.08. The molecule has 0 aliphatic heterocycles. The molecule has 96 valence electrons. The molecule has 6 heteroatoms. The molecule has 0 aromatic carbocycles. The topological polar surface area (TPSA) is 79.0 Å². The van der Waals surface area contributed by atoms with E-state index in [1.165, 1.54) is 0 Å². The van der Waals surface area contributed by atoms with Gasteiger partial charge in [0.15, 0.2) is 5.82 Å². The van der Waals surface area contributed by atoms with Crippen LogP contribution < -0.4 is 10.6 Å². The number of carbonyl (C=O) groups is 1. The summed E-state index contributed by atoms with van der Waals surface area (Å²) in [4.78, 5) is 11.5. The number of amides is 1. The molecule has 0 aliphatic carbocycles. The highest BCUT2D eigenvalue weighted by atomic mass is 16.5. The summed E-state index contributed by atoms with van der Waals surface area (Å²) in [6.07, 6.45) is 0. The molecule has 0 unspecified atom stereocenters. The van der Waals surface area contributed by atoms with Gasteiger partial charge in [0, 0.05) is 25.4 Å². The number of aromatic amines is 1. The summed E-state index contributed by atoms with van der Waals surface area (Å²) in [6.45, 7) is 5.62. The standard InChI is InChI=1S/C11H20N4O2/c1-8(2)9-6-10(15-14-9)13-11(16)7-12-4-5-17-3/h6,8,12H,4-5,7H2,1-3H3,(H2,13,14,15,16). The van der Waals surface area contributed by atoms with E-state index in [9.17, 15) is 4.79 Å². The first-order valence-corrected chi connectivity index (χ1v) is 5.68. The Labute approximate surface area is 101 Å². The van der Waals surface area contributed by atoms with E-state index in [-0.39, 0.29) is 12.5 Å². The molecule has 0 bridgehead atoms. The van der Waals surface area contributed by atoms with Crippen molar-refractivity contribution in [2.24, 2.45) is 0 Å². The molecule has 6 nitrogen and oxygen atoms in total. The lowest BCUT2D eigenvalue weighted by atomic mass is 10.1. The monoisotopic (exact) mass is 240 g/mol. The Bertz CT molecular complexity index is 349. The Morgan fingerprint density at radius 1 is 1.59 bits per heavy atom. The first kappa shape index (κ1) is 13.7. The number of aromatic nitrogens is 2. The van der Waals surface area contributed by atoms with Crippen LogP contribution in [0.3, 0.4) is 0 Å². The normalized spacial score (nSPS) is 10.8. The molecule has 0 aliphatic rings. The van der Waals surface area contributed by atoms with Crippen LogP contribution in [0.1, 0.15) is 25.5 Å². The maximum atomic E-state index is 11.5. The molecule has 0 saturated carbocycles. The number of ether oxygens (including phenoxy) is 1. The van der Waals surface area contributed by atoms with Crippen molar-refractivity contribution in [3.63, 3.8) is 0 Å².